The van der Waals surface area contributed by atoms with Crippen LogP contribution in [0.4, 0.5) is 4.79 Å². The Bertz CT molecular complexity index is 727. The number of rotatable bonds is 14. The van der Waals surface area contributed by atoms with E-state index in [4.69, 9.17) is 9.47 Å². The number of hydrogen-bond donors (Lipinski definition) is 1. The first-order valence-electron chi connectivity index (χ1n) is 12.4. The van der Waals surface area contributed by atoms with Gasteiger partial charge in [0.25, 0.3) is 0 Å². The Kier molecular flexibility index (Phi) is 11.5. The van der Waals surface area contributed by atoms with Gasteiger partial charge >= 0.3 is 12.1 Å². The summed E-state index contributed by atoms with van der Waals surface area (Å²) in [6.45, 7) is 11.2. The van der Waals surface area contributed by atoms with Gasteiger partial charge in [-0.3, -0.25) is 19.3 Å². The highest BCUT2D eigenvalue weighted by atomic mass is 16.5. The Morgan fingerprint density at radius 2 is 1.76 bits per heavy atom. The monoisotopic (exact) mass is 479 g/mol. The zero-order chi connectivity index (χ0) is 25.1. The van der Waals surface area contributed by atoms with E-state index in [1.54, 1.807) is 4.90 Å². The van der Waals surface area contributed by atoms with Gasteiger partial charge in [-0.05, 0) is 37.5 Å². The Morgan fingerprint density at radius 3 is 2.41 bits per heavy atom. The van der Waals surface area contributed by atoms with Gasteiger partial charge in [0.05, 0.1) is 19.2 Å². The van der Waals surface area contributed by atoms with Crippen molar-refractivity contribution in [3.63, 3.8) is 0 Å². The summed E-state index contributed by atoms with van der Waals surface area (Å²) in [6, 6.07) is -0.230. The van der Waals surface area contributed by atoms with E-state index in [0.29, 0.717) is 44.0 Å². The highest BCUT2D eigenvalue weighted by Crippen LogP contribution is 2.52. The lowest BCUT2D eigenvalue weighted by molar-refractivity contribution is -0.144. The SMILES string of the molecule is C=CCCC1C(CCC)C1COC(=O)NCCC(=O)N1CCN(CC(C)=O)C(COC(C)=O)C1. The number of alkyl carbamates (subject to hydrolysis) is 1. The Balaban J connectivity index is 1.71. The number of esters is 1. The zero-order valence-corrected chi connectivity index (χ0v) is 20.9. The first-order valence-corrected chi connectivity index (χ1v) is 12.4. The van der Waals surface area contributed by atoms with Crippen LogP contribution in [0.3, 0.4) is 0 Å². The maximum absolute atomic E-state index is 12.7. The van der Waals surface area contributed by atoms with Crippen LogP contribution in [0.5, 0.6) is 0 Å². The molecule has 0 radical (unpaired) electrons. The van der Waals surface area contributed by atoms with E-state index in [0.717, 1.165) is 25.7 Å². The number of carbonyl (C=O) groups is 4. The van der Waals surface area contributed by atoms with Crippen LogP contribution in [0.25, 0.3) is 0 Å². The van der Waals surface area contributed by atoms with Gasteiger partial charge < -0.3 is 19.7 Å². The fraction of sp³-hybridized carbons (Fsp3) is 0.760. The fourth-order valence-corrected chi connectivity index (χ4v) is 4.91. The van der Waals surface area contributed by atoms with Gasteiger partial charge in [0, 0.05) is 39.5 Å². The molecule has 0 spiro atoms. The third kappa shape index (κ3) is 9.08. The van der Waals surface area contributed by atoms with Crippen molar-refractivity contribution in [2.45, 2.75) is 58.9 Å². The van der Waals surface area contributed by atoms with Crippen LogP contribution in [-0.2, 0) is 23.9 Å². The number of hydrogen-bond acceptors (Lipinski definition) is 7. The Hall–Kier alpha value is -2.42. The van der Waals surface area contributed by atoms with Crippen LogP contribution < -0.4 is 5.32 Å². The lowest BCUT2D eigenvalue weighted by atomic mass is 10.1. The number of carbonyl (C=O) groups excluding carboxylic acids is 4. The molecular weight excluding hydrogens is 438 g/mol. The molecule has 2 rings (SSSR count). The van der Waals surface area contributed by atoms with Crippen LogP contribution in [0.1, 0.15) is 52.9 Å². The highest BCUT2D eigenvalue weighted by molar-refractivity contribution is 5.78. The third-order valence-corrected chi connectivity index (χ3v) is 6.71. The molecule has 34 heavy (non-hydrogen) atoms. The number of amides is 2. The summed E-state index contributed by atoms with van der Waals surface area (Å²) in [7, 11) is 0. The van der Waals surface area contributed by atoms with Crippen molar-refractivity contribution in [1.29, 1.82) is 0 Å². The molecule has 0 aromatic carbocycles. The molecule has 9 nitrogen and oxygen atoms in total. The fourth-order valence-electron chi connectivity index (χ4n) is 4.91. The Morgan fingerprint density at radius 1 is 1.03 bits per heavy atom. The largest absolute Gasteiger partial charge is 0.464 e. The molecule has 4 atom stereocenters. The van der Waals surface area contributed by atoms with Crippen molar-refractivity contribution in [1.82, 2.24) is 15.1 Å². The number of ketones is 1. The molecular formula is C25H41N3O6. The summed E-state index contributed by atoms with van der Waals surface area (Å²) in [5.41, 5.74) is 0. The molecule has 0 aromatic rings. The van der Waals surface area contributed by atoms with Gasteiger partial charge in [0.2, 0.25) is 5.91 Å². The molecule has 4 unspecified atom stereocenters. The van der Waals surface area contributed by atoms with Gasteiger partial charge in [-0.2, -0.15) is 0 Å². The number of allylic oxidation sites excluding steroid dienone is 1. The minimum absolute atomic E-state index is 0.0227. The maximum atomic E-state index is 12.7. The summed E-state index contributed by atoms with van der Waals surface area (Å²) in [4.78, 5) is 51.1. The molecule has 0 bridgehead atoms. The van der Waals surface area contributed by atoms with Crippen molar-refractivity contribution in [3.8, 4) is 0 Å². The number of Topliss-reactive ketones (excluding diaryl/α,β-unsaturated/α-hetero) is 1. The predicted octanol–water partition coefficient (Wildman–Crippen LogP) is 2.40. The normalized spacial score (nSPS) is 24.3. The molecule has 1 saturated heterocycles. The molecule has 1 heterocycles. The zero-order valence-electron chi connectivity index (χ0n) is 20.9. The first kappa shape index (κ1) is 27.8. The lowest BCUT2D eigenvalue weighted by Crippen LogP contribution is -2.57. The van der Waals surface area contributed by atoms with Crippen molar-refractivity contribution in [2.75, 3.05) is 45.9 Å². The summed E-state index contributed by atoms with van der Waals surface area (Å²) >= 11 is 0. The summed E-state index contributed by atoms with van der Waals surface area (Å²) in [5.74, 6) is 1.19. The minimum atomic E-state index is -0.489. The predicted molar refractivity (Wildman–Crippen MR) is 128 cm³/mol. The number of ether oxygens (including phenoxy) is 2. The van der Waals surface area contributed by atoms with Gasteiger partial charge in [0.1, 0.15) is 12.4 Å². The Labute approximate surface area is 203 Å². The first-order chi connectivity index (χ1) is 16.3. The van der Waals surface area contributed by atoms with Crippen LogP contribution in [0, 0.1) is 17.8 Å². The molecule has 2 amide bonds. The standard InChI is InChI=1S/C25H41N3O6/c1-5-7-9-22-21(8-6-2)23(22)17-34-25(32)26-11-10-24(31)28-13-12-27(14-18(3)29)20(15-28)16-33-19(4)30/h5,20-23H,1,6-17H2,2-4H3,(H,26,32). The second kappa shape index (κ2) is 14.1. The molecule has 2 aliphatic rings. The van der Waals surface area contributed by atoms with Gasteiger partial charge in [0.15, 0.2) is 0 Å². The van der Waals surface area contributed by atoms with E-state index in [1.807, 2.05) is 11.0 Å². The molecule has 1 aliphatic heterocycles. The second-order valence-corrected chi connectivity index (χ2v) is 9.39. The van der Waals surface area contributed by atoms with E-state index in [2.05, 4.69) is 18.8 Å². The molecule has 192 valence electrons. The quantitative estimate of drug-likeness (QED) is 0.301. The van der Waals surface area contributed by atoms with Gasteiger partial charge in [-0.25, -0.2) is 4.79 Å². The molecule has 9 heteroatoms. The molecule has 1 saturated carbocycles. The number of nitrogens with zero attached hydrogens (tertiary/aromatic N) is 2. The maximum Gasteiger partial charge on any atom is 0.407 e. The van der Waals surface area contributed by atoms with Crippen molar-refractivity contribution >= 4 is 23.8 Å². The van der Waals surface area contributed by atoms with Gasteiger partial charge in [-0.1, -0.05) is 25.8 Å². The second-order valence-electron chi connectivity index (χ2n) is 9.39. The molecule has 0 aromatic heterocycles. The van der Waals surface area contributed by atoms with E-state index in [-0.39, 0.29) is 43.8 Å². The third-order valence-electron chi connectivity index (χ3n) is 6.71. The topological polar surface area (TPSA) is 105 Å². The van der Waals surface area contributed by atoms with Crippen LogP contribution in [-0.4, -0.2) is 85.5 Å². The van der Waals surface area contributed by atoms with Crippen LogP contribution >= 0.6 is 0 Å². The number of piperazine rings is 1. The smallest absolute Gasteiger partial charge is 0.407 e. The molecule has 1 N–H and O–H groups in total. The van der Waals surface area contributed by atoms with Crippen LogP contribution in [0.15, 0.2) is 12.7 Å². The summed E-state index contributed by atoms with van der Waals surface area (Å²) in [6.07, 6.45) is 5.97. The summed E-state index contributed by atoms with van der Waals surface area (Å²) < 4.78 is 10.5. The number of nitrogens with one attached hydrogen (secondary N) is 1. The van der Waals surface area contributed by atoms with Gasteiger partial charge in [-0.15, -0.1) is 6.58 Å². The molecule has 2 fully saturated rings. The minimum Gasteiger partial charge on any atom is -0.464 e. The van der Waals surface area contributed by atoms with Crippen molar-refractivity contribution in [3.05, 3.63) is 12.7 Å². The van der Waals surface area contributed by atoms with E-state index >= 15 is 0 Å². The average Bonchev–Trinajstić information content (AvgIpc) is 3.45. The summed E-state index contributed by atoms with van der Waals surface area (Å²) in [5, 5.41) is 2.68. The van der Waals surface area contributed by atoms with Crippen molar-refractivity contribution in [2.24, 2.45) is 17.8 Å². The molecule has 1 aliphatic carbocycles. The highest BCUT2D eigenvalue weighted by Gasteiger charge is 2.48. The van der Waals surface area contributed by atoms with E-state index < -0.39 is 12.1 Å². The lowest BCUT2D eigenvalue weighted by Gasteiger charge is -2.40. The van der Waals surface area contributed by atoms with E-state index in [1.165, 1.54) is 13.8 Å². The van der Waals surface area contributed by atoms with E-state index in [9.17, 15) is 19.2 Å². The average molecular weight is 480 g/mol. The van der Waals surface area contributed by atoms with Crippen LogP contribution in [0.2, 0.25) is 0 Å². The van der Waals surface area contributed by atoms with Crippen molar-refractivity contribution < 1.29 is 28.7 Å².